The molecule has 0 unspecified atom stereocenters. The summed E-state index contributed by atoms with van der Waals surface area (Å²) in [4.78, 5) is 14.3. The highest BCUT2D eigenvalue weighted by atomic mass is 16.5. The second kappa shape index (κ2) is 5.72. The Labute approximate surface area is 113 Å². The molecular formula is C15H20N2O2. The first-order valence-electron chi connectivity index (χ1n) is 6.96. The Morgan fingerprint density at radius 3 is 3.00 bits per heavy atom. The molecule has 0 saturated carbocycles. The molecule has 2 saturated heterocycles. The van der Waals surface area contributed by atoms with Crippen molar-refractivity contribution in [2.75, 3.05) is 26.3 Å². The Balaban J connectivity index is 1.80. The minimum atomic E-state index is 0.123. The third-order valence-electron chi connectivity index (χ3n) is 4.04. The fourth-order valence-corrected chi connectivity index (χ4v) is 3.04. The van der Waals surface area contributed by atoms with Gasteiger partial charge in [-0.2, -0.15) is 0 Å². The summed E-state index contributed by atoms with van der Waals surface area (Å²) in [6, 6.07) is 10.5. The first kappa shape index (κ1) is 12.6. The lowest BCUT2D eigenvalue weighted by Gasteiger charge is -2.37. The molecule has 0 aliphatic carbocycles. The molecule has 2 heterocycles. The molecule has 0 aromatic heterocycles. The van der Waals surface area contributed by atoms with Crippen molar-refractivity contribution in [2.45, 2.75) is 19.0 Å². The van der Waals surface area contributed by atoms with E-state index in [1.807, 2.05) is 23.1 Å². The van der Waals surface area contributed by atoms with Crippen molar-refractivity contribution in [2.24, 2.45) is 5.92 Å². The highest BCUT2D eigenvalue weighted by Crippen LogP contribution is 2.23. The maximum atomic E-state index is 12.3. The number of carbonyl (C=O) groups excluding carboxylic acids is 1. The molecule has 1 aromatic rings. The number of fused-ring (bicyclic) bond motifs is 1. The van der Waals surface area contributed by atoms with Crippen LogP contribution < -0.4 is 5.32 Å². The van der Waals surface area contributed by atoms with Crippen LogP contribution in [0.1, 0.15) is 12.0 Å². The van der Waals surface area contributed by atoms with E-state index in [9.17, 15) is 4.79 Å². The van der Waals surface area contributed by atoms with Gasteiger partial charge in [-0.15, -0.1) is 0 Å². The zero-order valence-electron chi connectivity index (χ0n) is 11.0. The molecule has 2 aliphatic heterocycles. The van der Waals surface area contributed by atoms with Crippen molar-refractivity contribution < 1.29 is 9.53 Å². The van der Waals surface area contributed by atoms with Gasteiger partial charge in [-0.05, 0) is 18.5 Å². The molecule has 4 heteroatoms. The van der Waals surface area contributed by atoms with Gasteiger partial charge in [0.1, 0.15) is 6.61 Å². The Kier molecular flexibility index (Phi) is 3.80. The van der Waals surface area contributed by atoms with Crippen LogP contribution in [0.2, 0.25) is 0 Å². The van der Waals surface area contributed by atoms with Crippen molar-refractivity contribution in [3.8, 4) is 0 Å². The van der Waals surface area contributed by atoms with Crippen LogP contribution in [0.15, 0.2) is 30.3 Å². The first-order chi connectivity index (χ1) is 9.34. The largest absolute Gasteiger partial charge is 0.371 e. The van der Waals surface area contributed by atoms with Gasteiger partial charge in [-0.3, -0.25) is 4.79 Å². The van der Waals surface area contributed by atoms with Crippen molar-refractivity contribution in [3.05, 3.63) is 35.9 Å². The van der Waals surface area contributed by atoms with E-state index in [-0.39, 0.29) is 12.5 Å². The number of piperidine rings is 1. The summed E-state index contributed by atoms with van der Waals surface area (Å²) in [7, 11) is 0. The highest BCUT2D eigenvalue weighted by molar-refractivity contribution is 5.78. The SMILES string of the molecule is O=C1COC[C@H]2CNCC[C@H]2N1Cc1ccccc1. The number of hydrogen-bond acceptors (Lipinski definition) is 3. The Morgan fingerprint density at radius 2 is 2.16 bits per heavy atom. The molecule has 0 bridgehead atoms. The molecule has 0 radical (unpaired) electrons. The smallest absolute Gasteiger partial charge is 0.249 e. The molecule has 2 fully saturated rings. The Hall–Kier alpha value is -1.39. The molecule has 19 heavy (non-hydrogen) atoms. The Bertz CT molecular complexity index is 435. The maximum absolute atomic E-state index is 12.3. The van der Waals surface area contributed by atoms with E-state index in [0.717, 1.165) is 19.5 Å². The van der Waals surface area contributed by atoms with Gasteiger partial charge in [0, 0.05) is 25.0 Å². The molecule has 102 valence electrons. The predicted octanol–water partition coefficient (Wildman–Crippen LogP) is 1.02. The van der Waals surface area contributed by atoms with Crippen LogP contribution in [0.25, 0.3) is 0 Å². The lowest BCUT2D eigenvalue weighted by molar-refractivity contribution is -0.136. The van der Waals surface area contributed by atoms with Gasteiger partial charge in [0.15, 0.2) is 0 Å². The van der Waals surface area contributed by atoms with Gasteiger partial charge in [-0.25, -0.2) is 0 Å². The summed E-state index contributed by atoms with van der Waals surface area (Å²) in [6.45, 7) is 3.54. The van der Waals surface area contributed by atoms with Crippen LogP contribution in [0.4, 0.5) is 0 Å². The maximum Gasteiger partial charge on any atom is 0.249 e. The number of hydrogen-bond donors (Lipinski definition) is 1. The average Bonchev–Trinajstić information content (AvgIpc) is 2.61. The normalized spacial score (nSPS) is 27.8. The van der Waals surface area contributed by atoms with Crippen LogP contribution in [0.3, 0.4) is 0 Å². The summed E-state index contributed by atoms with van der Waals surface area (Å²) >= 11 is 0. The third kappa shape index (κ3) is 2.80. The molecule has 0 spiro atoms. The fourth-order valence-electron chi connectivity index (χ4n) is 3.04. The van der Waals surface area contributed by atoms with E-state index in [1.165, 1.54) is 5.56 Å². The van der Waals surface area contributed by atoms with Gasteiger partial charge in [-0.1, -0.05) is 30.3 Å². The van der Waals surface area contributed by atoms with Crippen molar-refractivity contribution in [1.29, 1.82) is 0 Å². The second-order valence-corrected chi connectivity index (χ2v) is 5.34. The Morgan fingerprint density at radius 1 is 1.32 bits per heavy atom. The van der Waals surface area contributed by atoms with Crippen LogP contribution in [-0.2, 0) is 16.1 Å². The molecule has 1 amide bonds. The topological polar surface area (TPSA) is 41.6 Å². The first-order valence-corrected chi connectivity index (χ1v) is 6.96. The van der Waals surface area contributed by atoms with Crippen molar-refractivity contribution in [1.82, 2.24) is 10.2 Å². The van der Waals surface area contributed by atoms with Crippen molar-refractivity contribution in [3.63, 3.8) is 0 Å². The molecule has 2 aliphatic rings. The number of amides is 1. The molecule has 4 nitrogen and oxygen atoms in total. The minimum absolute atomic E-state index is 0.123. The number of nitrogens with one attached hydrogen (secondary N) is 1. The third-order valence-corrected chi connectivity index (χ3v) is 4.04. The van der Waals surface area contributed by atoms with E-state index >= 15 is 0 Å². The monoisotopic (exact) mass is 260 g/mol. The summed E-state index contributed by atoms with van der Waals surface area (Å²) in [5, 5.41) is 3.39. The van der Waals surface area contributed by atoms with Crippen LogP contribution in [0.5, 0.6) is 0 Å². The van der Waals surface area contributed by atoms with E-state index in [2.05, 4.69) is 17.4 Å². The number of nitrogens with zero attached hydrogens (tertiary/aromatic N) is 1. The zero-order valence-corrected chi connectivity index (χ0v) is 11.0. The summed E-state index contributed by atoms with van der Waals surface area (Å²) in [6.07, 6.45) is 1.02. The quantitative estimate of drug-likeness (QED) is 0.863. The van der Waals surface area contributed by atoms with E-state index < -0.39 is 0 Å². The molecule has 2 atom stereocenters. The lowest BCUT2D eigenvalue weighted by Crippen LogP contribution is -2.51. The summed E-state index contributed by atoms with van der Waals surface area (Å²) < 4.78 is 5.51. The van der Waals surface area contributed by atoms with Gasteiger partial charge in [0.2, 0.25) is 5.91 Å². The predicted molar refractivity (Wildman–Crippen MR) is 72.6 cm³/mol. The summed E-state index contributed by atoms with van der Waals surface area (Å²) in [5.41, 5.74) is 1.19. The average molecular weight is 260 g/mol. The second-order valence-electron chi connectivity index (χ2n) is 5.34. The molecule has 1 N–H and O–H groups in total. The molecule has 3 rings (SSSR count). The van der Waals surface area contributed by atoms with E-state index in [1.54, 1.807) is 0 Å². The standard InChI is InChI=1S/C15H20N2O2/c18-15-11-19-10-13-8-16-7-6-14(13)17(15)9-12-4-2-1-3-5-12/h1-5,13-14,16H,6-11H2/t13-,14-/m1/s1. The number of rotatable bonds is 2. The van der Waals surface area contributed by atoms with Crippen molar-refractivity contribution >= 4 is 5.91 Å². The molecule has 1 aromatic carbocycles. The van der Waals surface area contributed by atoms with E-state index in [0.29, 0.717) is 25.1 Å². The van der Waals surface area contributed by atoms with Crippen LogP contribution >= 0.6 is 0 Å². The number of benzene rings is 1. The van der Waals surface area contributed by atoms with Gasteiger partial charge >= 0.3 is 0 Å². The van der Waals surface area contributed by atoms with Crippen LogP contribution in [0, 0.1) is 5.92 Å². The van der Waals surface area contributed by atoms with Gasteiger partial charge in [0.25, 0.3) is 0 Å². The zero-order chi connectivity index (χ0) is 13.1. The summed E-state index contributed by atoms with van der Waals surface area (Å²) in [5.74, 6) is 0.544. The van der Waals surface area contributed by atoms with Gasteiger partial charge < -0.3 is 15.0 Å². The molecular weight excluding hydrogens is 240 g/mol. The van der Waals surface area contributed by atoms with Crippen LogP contribution in [-0.4, -0.2) is 43.2 Å². The van der Waals surface area contributed by atoms with E-state index in [4.69, 9.17) is 4.74 Å². The van der Waals surface area contributed by atoms with Gasteiger partial charge in [0.05, 0.1) is 6.61 Å². The lowest BCUT2D eigenvalue weighted by atomic mass is 9.92. The minimum Gasteiger partial charge on any atom is -0.371 e. The number of ether oxygens (including phenoxy) is 1. The highest BCUT2D eigenvalue weighted by Gasteiger charge is 2.35. The fraction of sp³-hybridized carbons (Fsp3) is 0.533. The number of carbonyl (C=O) groups is 1.